The van der Waals surface area contributed by atoms with Crippen LogP contribution in [0.15, 0.2) is 50.6 Å². The summed E-state index contributed by atoms with van der Waals surface area (Å²) >= 11 is 4.29. The number of benzene rings is 1. The highest BCUT2D eigenvalue weighted by atomic mass is 79.9. The summed E-state index contributed by atoms with van der Waals surface area (Å²) in [6, 6.07) is 12.9. The van der Waals surface area contributed by atoms with Gasteiger partial charge in [0.2, 0.25) is 0 Å². The van der Waals surface area contributed by atoms with E-state index in [1.54, 1.807) is 25.2 Å². The maximum absolute atomic E-state index is 13.0. The Kier molecular flexibility index (Phi) is 6.40. The van der Waals surface area contributed by atoms with E-state index in [9.17, 15) is 4.21 Å². The van der Waals surface area contributed by atoms with Gasteiger partial charge in [0.05, 0.1) is 9.79 Å². The van der Waals surface area contributed by atoms with Crippen molar-refractivity contribution in [1.29, 1.82) is 5.26 Å². The van der Waals surface area contributed by atoms with Gasteiger partial charge in [-0.05, 0) is 31.0 Å². The molecule has 6 heteroatoms. The summed E-state index contributed by atoms with van der Waals surface area (Å²) in [5.41, 5.74) is 0. The highest BCUT2D eigenvalue weighted by Gasteiger charge is 2.19. The third-order valence-corrected chi connectivity index (χ3v) is 6.13. The van der Waals surface area contributed by atoms with Crippen molar-refractivity contribution in [3.05, 3.63) is 46.2 Å². The minimum atomic E-state index is -2.62. The van der Waals surface area contributed by atoms with Gasteiger partial charge in [0, 0.05) is 11.9 Å². The van der Waals surface area contributed by atoms with Crippen LogP contribution in [0.5, 0.6) is 0 Å². The van der Waals surface area contributed by atoms with Gasteiger partial charge in [-0.1, -0.05) is 34.1 Å². The Morgan fingerprint density at radius 1 is 1.30 bits per heavy atom. The van der Waals surface area contributed by atoms with Gasteiger partial charge >= 0.3 is 0 Å². The zero-order valence-corrected chi connectivity index (χ0v) is 14.7. The van der Waals surface area contributed by atoms with E-state index >= 15 is 0 Å². The maximum atomic E-state index is 13.0. The van der Waals surface area contributed by atoms with Crippen LogP contribution in [0.3, 0.4) is 0 Å². The van der Waals surface area contributed by atoms with Crippen molar-refractivity contribution in [3.8, 4) is 6.07 Å². The predicted octanol–water partition coefficient (Wildman–Crippen LogP) is 4.46. The van der Waals surface area contributed by atoms with Crippen LogP contribution in [0.25, 0.3) is 0 Å². The Morgan fingerprint density at radius 3 is 2.35 bits per heavy atom. The second-order valence-corrected chi connectivity index (χ2v) is 7.25. The van der Waals surface area contributed by atoms with Crippen LogP contribution in [0.2, 0.25) is 0 Å². The molecule has 0 fully saturated rings. The van der Waals surface area contributed by atoms with Gasteiger partial charge in [0.1, 0.15) is 20.7 Å². The van der Waals surface area contributed by atoms with Crippen LogP contribution in [0.1, 0.15) is 9.75 Å². The first-order valence-corrected chi connectivity index (χ1v) is 9.62. The second kappa shape index (κ2) is 7.58. The molecule has 1 heterocycles. The molecule has 106 valence electrons. The van der Waals surface area contributed by atoms with Gasteiger partial charge < -0.3 is 0 Å². The monoisotopic (exact) mass is 370 g/mol. The van der Waals surface area contributed by atoms with Gasteiger partial charge in [0.15, 0.2) is 0 Å². The molecule has 0 aliphatic heterocycles. The molecule has 1 aromatic heterocycles. The van der Waals surface area contributed by atoms with E-state index in [0.29, 0.717) is 14.7 Å². The molecule has 1 aromatic carbocycles. The van der Waals surface area contributed by atoms with E-state index in [2.05, 4.69) is 26.4 Å². The highest BCUT2D eigenvalue weighted by molar-refractivity contribution is 9.08. The van der Waals surface area contributed by atoms with Crippen LogP contribution in [-0.4, -0.2) is 17.1 Å². The van der Waals surface area contributed by atoms with Gasteiger partial charge in [-0.15, -0.1) is 11.3 Å². The first kappa shape index (κ1) is 16.9. The molecule has 0 amide bonds. The van der Waals surface area contributed by atoms with Crippen LogP contribution in [0, 0.1) is 18.3 Å². The van der Waals surface area contributed by atoms with Gasteiger partial charge in [-0.25, -0.2) is 8.57 Å². The SMILES string of the molecule is CBr.CN=S(=O)(c1ccccc1)c1cc(C#N)sc1C. The Labute approximate surface area is 132 Å². The topological polar surface area (TPSA) is 53.2 Å². The average molecular weight is 371 g/mol. The molecule has 3 nitrogen and oxygen atoms in total. The van der Waals surface area contributed by atoms with E-state index in [1.807, 2.05) is 31.0 Å². The summed E-state index contributed by atoms with van der Waals surface area (Å²) in [5, 5.41) is 8.92. The quantitative estimate of drug-likeness (QED) is 0.732. The summed E-state index contributed by atoms with van der Waals surface area (Å²) in [6.07, 6.45) is 0. The number of halogens is 1. The lowest BCUT2D eigenvalue weighted by atomic mass is 10.4. The average Bonchev–Trinajstić information content (AvgIpc) is 2.91. The highest BCUT2D eigenvalue weighted by Crippen LogP contribution is 2.31. The zero-order chi connectivity index (χ0) is 15.2. The number of hydrogen-bond acceptors (Lipinski definition) is 4. The van der Waals surface area contributed by atoms with E-state index < -0.39 is 9.73 Å². The standard InChI is InChI=1S/C13H12N2OS2.CH3Br/c1-10-13(8-11(9-14)17-10)18(16,15-2)12-6-4-3-5-7-12;1-2/h3-8H,1-2H3;1H3. The molecule has 1 unspecified atom stereocenters. The number of thiophene rings is 1. The van der Waals surface area contributed by atoms with Crippen molar-refractivity contribution >= 4 is 37.0 Å². The smallest absolute Gasteiger partial charge is 0.110 e. The summed E-state index contributed by atoms with van der Waals surface area (Å²) in [4.78, 5) is 2.77. The molecular weight excluding hydrogens is 356 g/mol. The van der Waals surface area contributed by atoms with Gasteiger partial charge in [-0.2, -0.15) is 5.26 Å². The number of hydrogen-bond donors (Lipinski definition) is 0. The van der Waals surface area contributed by atoms with Crippen molar-refractivity contribution in [3.63, 3.8) is 0 Å². The summed E-state index contributed by atoms with van der Waals surface area (Å²) in [7, 11) is -1.07. The van der Waals surface area contributed by atoms with E-state index in [-0.39, 0.29) is 0 Å². The molecule has 0 bridgehead atoms. The van der Waals surface area contributed by atoms with Crippen molar-refractivity contribution < 1.29 is 4.21 Å². The normalized spacial score (nSPS) is 12.6. The summed E-state index contributed by atoms with van der Waals surface area (Å²) in [6.45, 7) is 1.87. The van der Waals surface area contributed by atoms with Crippen LogP contribution in [0.4, 0.5) is 0 Å². The van der Waals surface area contributed by atoms with Crippen LogP contribution < -0.4 is 0 Å². The molecule has 2 aromatic rings. The fraction of sp³-hybridized carbons (Fsp3) is 0.214. The van der Waals surface area contributed by atoms with E-state index in [0.717, 1.165) is 4.88 Å². The molecule has 0 saturated heterocycles. The van der Waals surface area contributed by atoms with Crippen molar-refractivity contribution in [2.24, 2.45) is 4.36 Å². The minimum absolute atomic E-state index is 0.565. The van der Waals surface area contributed by atoms with E-state index in [1.165, 1.54) is 11.3 Å². The Bertz CT molecular complexity index is 723. The third-order valence-electron chi connectivity index (χ3n) is 2.60. The number of nitrogens with zero attached hydrogens (tertiary/aromatic N) is 2. The number of nitriles is 1. The molecule has 0 aliphatic carbocycles. The summed E-state index contributed by atoms with van der Waals surface area (Å²) in [5.74, 6) is 1.81. The minimum Gasteiger partial charge on any atom is -0.240 e. The van der Waals surface area contributed by atoms with Gasteiger partial charge in [0.25, 0.3) is 0 Å². The van der Waals surface area contributed by atoms with E-state index in [4.69, 9.17) is 5.26 Å². The number of alkyl halides is 1. The first-order chi connectivity index (χ1) is 9.61. The molecule has 1 atom stereocenters. The van der Waals surface area contributed by atoms with Crippen molar-refractivity contribution in [1.82, 2.24) is 0 Å². The second-order valence-electron chi connectivity index (χ2n) is 3.66. The largest absolute Gasteiger partial charge is 0.240 e. The fourth-order valence-electron chi connectivity index (χ4n) is 1.73. The lowest BCUT2D eigenvalue weighted by molar-refractivity contribution is 0.676. The molecule has 20 heavy (non-hydrogen) atoms. The molecule has 0 radical (unpaired) electrons. The van der Waals surface area contributed by atoms with Crippen molar-refractivity contribution in [2.45, 2.75) is 16.7 Å². The van der Waals surface area contributed by atoms with Gasteiger partial charge in [-0.3, -0.25) is 0 Å². The first-order valence-electron chi connectivity index (χ1n) is 5.70. The fourth-order valence-corrected chi connectivity index (χ4v) is 4.84. The molecule has 0 saturated carbocycles. The lowest BCUT2D eigenvalue weighted by Gasteiger charge is -2.08. The third kappa shape index (κ3) is 3.29. The molecule has 0 aliphatic rings. The Morgan fingerprint density at radius 2 is 1.90 bits per heavy atom. The number of aryl methyl sites for hydroxylation is 1. The molecule has 0 N–H and O–H groups in total. The predicted molar refractivity (Wildman–Crippen MR) is 88.1 cm³/mol. The zero-order valence-electron chi connectivity index (χ0n) is 11.5. The molecule has 0 spiro atoms. The maximum Gasteiger partial charge on any atom is 0.110 e. The lowest BCUT2D eigenvalue weighted by Crippen LogP contribution is -2.01. The Balaban J connectivity index is 0.000000956. The molecule has 2 rings (SSSR count). The molecular formula is C14H15BrN2OS2. The Hall–Kier alpha value is -1.16. The van der Waals surface area contributed by atoms with Crippen molar-refractivity contribution in [2.75, 3.05) is 12.9 Å². The van der Waals surface area contributed by atoms with Crippen LogP contribution >= 0.6 is 27.3 Å². The number of rotatable bonds is 2. The summed E-state index contributed by atoms with van der Waals surface area (Å²) < 4.78 is 17.1. The van der Waals surface area contributed by atoms with Crippen LogP contribution in [-0.2, 0) is 9.73 Å².